The molecule has 0 saturated carbocycles. The van der Waals surface area contributed by atoms with Crippen LogP contribution in [0, 0.1) is 0 Å². The van der Waals surface area contributed by atoms with Gasteiger partial charge in [0.15, 0.2) is 0 Å². The normalized spacial score (nSPS) is 10.3. The zero-order chi connectivity index (χ0) is 16.7. The summed E-state index contributed by atoms with van der Waals surface area (Å²) in [5.41, 5.74) is 1.42. The third-order valence-corrected chi connectivity index (χ3v) is 4.29. The highest BCUT2D eigenvalue weighted by Crippen LogP contribution is 2.33. The molecule has 0 aromatic carbocycles. The van der Waals surface area contributed by atoms with E-state index in [4.69, 9.17) is 9.84 Å². The number of nitrogens with zero attached hydrogens (tertiary/aromatic N) is 1. The fourth-order valence-corrected chi connectivity index (χ4v) is 3.11. The van der Waals surface area contributed by atoms with Crippen molar-refractivity contribution in [3.63, 3.8) is 0 Å². The lowest BCUT2D eigenvalue weighted by molar-refractivity contribution is -0.136. The maximum absolute atomic E-state index is 12.1. The smallest absolute Gasteiger partial charge is 0.341 e. The summed E-state index contributed by atoms with van der Waals surface area (Å²) in [5.74, 6) is -1.23. The van der Waals surface area contributed by atoms with Crippen molar-refractivity contribution in [1.29, 1.82) is 0 Å². The number of carboxylic acid groups (broad SMARTS) is 1. The second-order valence-electron chi connectivity index (χ2n) is 5.03. The van der Waals surface area contributed by atoms with Crippen LogP contribution < -0.4 is 4.90 Å². The Kier molecular flexibility index (Phi) is 7.11. The fraction of sp³-hybridized carbons (Fsp3) is 0.500. The Morgan fingerprint density at radius 2 is 2.09 bits per heavy atom. The molecule has 0 unspecified atom stereocenters. The quantitative estimate of drug-likeness (QED) is 0.557. The molecule has 0 atom stereocenters. The largest absolute Gasteiger partial charge is 0.481 e. The van der Waals surface area contributed by atoms with Gasteiger partial charge in [-0.1, -0.05) is 19.1 Å². The van der Waals surface area contributed by atoms with Crippen LogP contribution in [0.2, 0.25) is 0 Å². The Labute approximate surface area is 135 Å². The minimum absolute atomic E-state index is 0.00883. The Morgan fingerprint density at radius 1 is 1.41 bits per heavy atom. The van der Waals surface area contributed by atoms with Gasteiger partial charge in [-0.05, 0) is 26.3 Å². The Balaban J connectivity index is 3.14. The summed E-state index contributed by atoms with van der Waals surface area (Å²) in [6.45, 7) is 10.7. The van der Waals surface area contributed by atoms with Gasteiger partial charge in [0.2, 0.25) is 0 Å². The van der Waals surface area contributed by atoms with Crippen LogP contribution in [0.1, 0.15) is 42.4 Å². The fourth-order valence-electron chi connectivity index (χ4n) is 2.00. The monoisotopic (exact) mass is 325 g/mol. The molecular formula is C16H23NO4S. The molecule has 5 nitrogen and oxygen atoms in total. The molecule has 0 aliphatic heterocycles. The van der Waals surface area contributed by atoms with E-state index in [2.05, 4.69) is 6.58 Å². The van der Waals surface area contributed by atoms with E-state index in [9.17, 15) is 9.59 Å². The molecule has 0 aliphatic rings. The van der Waals surface area contributed by atoms with Gasteiger partial charge >= 0.3 is 11.9 Å². The molecule has 1 heterocycles. The standard InChI is InChI=1S/C16H23NO4S/c1-5-12-9-13(16(20)21-6-2)15(22-12)17(10-11(3)4)8-7-14(18)19/h9H,3,5-8,10H2,1-2,4H3,(H,18,19). The molecule has 0 amide bonds. The number of esters is 1. The zero-order valence-corrected chi connectivity index (χ0v) is 14.2. The molecule has 1 aromatic rings. The molecule has 0 radical (unpaired) electrons. The van der Waals surface area contributed by atoms with Crippen LogP contribution in [0.3, 0.4) is 0 Å². The molecule has 0 aliphatic carbocycles. The molecule has 0 bridgehead atoms. The molecular weight excluding hydrogens is 302 g/mol. The third-order valence-electron chi connectivity index (χ3n) is 2.95. The van der Waals surface area contributed by atoms with Gasteiger partial charge in [0.25, 0.3) is 0 Å². The molecule has 6 heteroatoms. The predicted octanol–water partition coefficient (Wildman–Crippen LogP) is 3.34. The van der Waals surface area contributed by atoms with E-state index in [0.29, 0.717) is 25.3 Å². The van der Waals surface area contributed by atoms with E-state index < -0.39 is 5.97 Å². The highest BCUT2D eigenvalue weighted by molar-refractivity contribution is 7.16. The molecule has 1 N–H and O–H groups in total. The number of anilines is 1. The van der Waals surface area contributed by atoms with Gasteiger partial charge in [0.05, 0.1) is 18.6 Å². The van der Waals surface area contributed by atoms with Crippen molar-refractivity contribution in [2.24, 2.45) is 0 Å². The molecule has 1 aromatic heterocycles. The van der Waals surface area contributed by atoms with Crippen molar-refractivity contribution in [3.05, 3.63) is 28.7 Å². The van der Waals surface area contributed by atoms with Gasteiger partial charge in [0, 0.05) is 18.0 Å². The number of carbonyl (C=O) groups excluding carboxylic acids is 1. The highest BCUT2D eigenvalue weighted by Gasteiger charge is 2.22. The number of carbonyl (C=O) groups is 2. The lowest BCUT2D eigenvalue weighted by atomic mass is 10.2. The van der Waals surface area contributed by atoms with Crippen molar-refractivity contribution >= 4 is 28.3 Å². The van der Waals surface area contributed by atoms with E-state index in [1.54, 1.807) is 6.92 Å². The van der Waals surface area contributed by atoms with Crippen LogP contribution in [0.25, 0.3) is 0 Å². The first-order valence-corrected chi connectivity index (χ1v) is 8.11. The van der Waals surface area contributed by atoms with Gasteiger partial charge in [-0.15, -0.1) is 11.3 Å². The first kappa shape index (κ1) is 18.2. The second kappa shape index (κ2) is 8.58. The number of thiophene rings is 1. The Hall–Kier alpha value is -1.82. The van der Waals surface area contributed by atoms with E-state index in [0.717, 1.165) is 21.9 Å². The lowest BCUT2D eigenvalue weighted by Crippen LogP contribution is -2.28. The van der Waals surface area contributed by atoms with Crippen molar-refractivity contribution in [3.8, 4) is 0 Å². The zero-order valence-electron chi connectivity index (χ0n) is 13.3. The van der Waals surface area contributed by atoms with Crippen LogP contribution in [0.4, 0.5) is 5.00 Å². The summed E-state index contributed by atoms with van der Waals surface area (Å²) < 4.78 is 5.11. The summed E-state index contributed by atoms with van der Waals surface area (Å²) in [5, 5.41) is 9.68. The highest BCUT2D eigenvalue weighted by atomic mass is 32.1. The molecule has 0 fully saturated rings. The topological polar surface area (TPSA) is 66.8 Å². The average molecular weight is 325 g/mol. The second-order valence-corrected chi connectivity index (χ2v) is 6.14. The number of rotatable bonds is 9. The summed E-state index contributed by atoms with van der Waals surface area (Å²) >= 11 is 1.51. The van der Waals surface area contributed by atoms with Crippen LogP contribution in [0.15, 0.2) is 18.2 Å². The number of carboxylic acids is 1. The van der Waals surface area contributed by atoms with Crippen molar-refractivity contribution in [2.45, 2.75) is 33.6 Å². The van der Waals surface area contributed by atoms with E-state index in [1.165, 1.54) is 11.3 Å². The van der Waals surface area contributed by atoms with Gasteiger partial charge in [-0.25, -0.2) is 4.79 Å². The summed E-state index contributed by atoms with van der Waals surface area (Å²) in [6, 6.07) is 1.84. The molecule has 0 spiro atoms. The number of ether oxygens (including phenoxy) is 1. The van der Waals surface area contributed by atoms with Crippen LogP contribution in [0.5, 0.6) is 0 Å². The van der Waals surface area contributed by atoms with E-state index in [-0.39, 0.29) is 12.4 Å². The predicted molar refractivity (Wildman–Crippen MR) is 88.9 cm³/mol. The van der Waals surface area contributed by atoms with Crippen molar-refractivity contribution in [2.75, 3.05) is 24.6 Å². The molecule has 1 rings (SSSR count). The number of aryl methyl sites for hydroxylation is 1. The number of aliphatic carboxylic acids is 1. The van der Waals surface area contributed by atoms with Gasteiger partial charge in [-0.3, -0.25) is 4.79 Å². The lowest BCUT2D eigenvalue weighted by Gasteiger charge is -2.23. The SMILES string of the molecule is C=C(C)CN(CCC(=O)O)c1sc(CC)cc1C(=O)OCC. The average Bonchev–Trinajstić information content (AvgIpc) is 2.87. The first-order valence-electron chi connectivity index (χ1n) is 7.29. The maximum atomic E-state index is 12.1. The maximum Gasteiger partial charge on any atom is 0.341 e. The molecule has 122 valence electrons. The Bertz CT molecular complexity index is 550. The van der Waals surface area contributed by atoms with Crippen LogP contribution in [-0.2, 0) is 16.0 Å². The van der Waals surface area contributed by atoms with Crippen molar-refractivity contribution < 1.29 is 19.4 Å². The summed E-state index contributed by atoms with van der Waals surface area (Å²) in [6.07, 6.45) is 0.825. The van der Waals surface area contributed by atoms with Crippen molar-refractivity contribution in [1.82, 2.24) is 0 Å². The summed E-state index contributed by atoms with van der Waals surface area (Å²) in [7, 11) is 0. The van der Waals surface area contributed by atoms with Gasteiger partial charge in [0.1, 0.15) is 5.00 Å². The Morgan fingerprint density at radius 3 is 2.59 bits per heavy atom. The molecule has 22 heavy (non-hydrogen) atoms. The molecule has 0 saturated heterocycles. The number of hydrogen-bond acceptors (Lipinski definition) is 5. The minimum atomic E-state index is -0.864. The number of hydrogen-bond donors (Lipinski definition) is 1. The summed E-state index contributed by atoms with van der Waals surface area (Å²) in [4.78, 5) is 26.0. The third kappa shape index (κ3) is 5.18. The minimum Gasteiger partial charge on any atom is -0.481 e. The van der Waals surface area contributed by atoms with E-state index >= 15 is 0 Å². The van der Waals surface area contributed by atoms with Gasteiger partial charge in [-0.2, -0.15) is 0 Å². The van der Waals surface area contributed by atoms with Crippen LogP contribution >= 0.6 is 11.3 Å². The van der Waals surface area contributed by atoms with Crippen LogP contribution in [-0.4, -0.2) is 36.7 Å². The van der Waals surface area contributed by atoms with E-state index in [1.807, 2.05) is 24.8 Å². The first-order chi connectivity index (χ1) is 10.4. The van der Waals surface area contributed by atoms with Gasteiger partial charge < -0.3 is 14.7 Å².